The fraction of sp³-hybridized carbons (Fsp3) is 0.429. The molecule has 0 bridgehead atoms. The highest BCUT2D eigenvalue weighted by molar-refractivity contribution is 5.75. The summed E-state index contributed by atoms with van der Waals surface area (Å²) >= 11 is 0. The maximum Gasteiger partial charge on any atom is 0.119 e. The Kier molecular flexibility index (Phi) is 3.50. The second kappa shape index (κ2) is 4.90. The number of hydrogen-bond donors (Lipinski definition) is 3. The summed E-state index contributed by atoms with van der Waals surface area (Å²) in [6, 6.07) is 5.25. The molecule has 0 spiro atoms. The first-order chi connectivity index (χ1) is 8.15. The number of phenolic OH excluding ortho intramolecular Hbond substituents is 1. The standard InChI is InChI=1S/C14H18O3/c1-2-3-5-10-9-6-4-7-12(15)11(9)8-13(16)14(10)17/h4-7,13-17H,2-3,8H2,1H3. The van der Waals surface area contributed by atoms with Crippen molar-refractivity contribution in [2.24, 2.45) is 0 Å². The zero-order chi connectivity index (χ0) is 12.4. The summed E-state index contributed by atoms with van der Waals surface area (Å²) in [5, 5.41) is 29.6. The van der Waals surface area contributed by atoms with Crippen LogP contribution in [0.5, 0.6) is 5.75 Å². The molecule has 0 heterocycles. The number of allylic oxidation sites excluding steroid dienone is 1. The van der Waals surface area contributed by atoms with E-state index in [-0.39, 0.29) is 5.75 Å². The van der Waals surface area contributed by atoms with Crippen LogP contribution >= 0.6 is 0 Å². The van der Waals surface area contributed by atoms with Crippen molar-refractivity contribution in [2.75, 3.05) is 0 Å². The Hall–Kier alpha value is -1.32. The van der Waals surface area contributed by atoms with E-state index in [1.165, 1.54) is 0 Å². The van der Waals surface area contributed by atoms with Gasteiger partial charge in [0.1, 0.15) is 11.9 Å². The average molecular weight is 234 g/mol. The van der Waals surface area contributed by atoms with Gasteiger partial charge < -0.3 is 15.3 Å². The molecule has 2 rings (SSSR count). The van der Waals surface area contributed by atoms with E-state index in [9.17, 15) is 15.3 Å². The summed E-state index contributed by atoms with van der Waals surface area (Å²) in [5.74, 6) is 0.191. The maximum atomic E-state index is 10.0. The zero-order valence-corrected chi connectivity index (χ0v) is 9.93. The van der Waals surface area contributed by atoms with Crippen LogP contribution in [0.15, 0.2) is 24.3 Å². The molecule has 1 aromatic rings. The van der Waals surface area contributed by atoms with Crippen molar-refractivity contribution >= 4 is 5.57 Å². The van der Waals surface area contributed by atoms with Gasteiger partial charge in [-0.1, -0.05) is 31.6 Å². The molecule has 2 atom stereocenters. The Labute approximate surface area is 101 Å². The molecule has 1 aliphatic rings. The minimum absolute atomic E-state index is 0.191. The van der Waals surface area contributed by atoms with Gasteiger partial charge in [-0.15, -0.1) is 0 Å². The van der Waals surface area contributed by atoms with Gasteiger partial charge in [0, 0.05) is 12.0 Å². The van der Waals surface area contributed by atoms with Crippen molar-refractivity contribution in [2.45, 2.75) is 38.4 Å². The van der Waals surface area contributed by atoms with Crippen LogP contribution in [0.4, 0.5) is 0 Å². The minimum atomic E-state index is -0.851. The van der Waals surface area contributed by atoms with E-state index in [1.54, 1.807) is 12.1 Å². The number of benzene rings is 1. The molecule has 3 N–H and O–H groups in total. The molecule has 92 valence electrons. The number of fused-ring (bicyclic) bond motifs is 1. The first kappa shape index (κ1) is 12.1. The van der Waals surface area contributed by atoms with E-state index >= 15 is 0 Å². The predicted molar refractivity (Wildman–Crippen MR) is 66.7 cm³/mol. The number of aliphatic hydroxyl groups excluding tert-OH is 2. The smallest absolute Gasteiger partial charge is 0.119 e. The Balaban J connectivity index is 2.49. The SMILES string of the molecule is CCCC=C1c2cccc(O)c2CC(O)C1O. The average Bonchev–Trinajstić information content (AvgIpc) is 2.31. The first-order valence-corrected chi connectivity index (χ1v) is 6.02. The number of phenols is 1. The van der Waals surface area contributed by atoms with Crippen molar-refractivity contribution in [3.63, 3.8) is 0 Å². The van der Waals surface area contributed by atoms with Gasteiger partial charge in [-0.25, -0.2) is 0 Å². The van der Waals surface area contributed by atoms with Crippen LogP contribution < -0.4 is 0 Å². The van der Waals surface area contributed by atoms with Crippen molar-refractivity contribution in [3.05, 3.63) is 35.4 Å². The summed E-state index contributed by atoms with van der Waals surface area (Å²) in [7, 11) is 0. The Morgan fingerprint density at radius 3 is 2.82 bits per heavy atom. The van der Waals surface area contributed by atoms with Crippen molar-refractivity contribution in [1.82, 2.24) is 0 Å². The van der Waals surface area contributed by atoms with Gasteiger partial charge in [0.15, 0.2) is 0 Å². The topological polar surface area (TPSA) is 60.7 Å². The molecule has 2 unspecified atom stereocenters. The highest BCUT2D eigenvalue weighted by atomic mass is 16.3. The molecule has 0 saturated carbocycles. The largest absolute Gasteiger partial charge is 0.508 e. The Morgan fingerprint density at radius 1 is 1.35 bits per heavy atom. The van der Waals surface area contributed by atoms with E-state index in [2.05, 4.69) is 6.92 Å². The van der Waals surface area contributed by atoms with Gasteiger partial charge in [-0.3, -0.25) is 0 Å². The second-order valence-electron chi connectivity index (χ2n) is 4.47. The Morgan fingerprint density at radius 2 is 2.12 bits per heavy atom. The molecule has 1 aliphatic carbocycles. The number of aliphatic hydroxyl groups is 2. The van der Waals surface area contributed by atoms with Crippen molar-refractivity contribution in [1.29, 1.82) is 0 Å². The van der Waals surface area contributed by atoms with Gasteiger partial charge >= 0.3 is 0 Å². The first-order valence-electron chi connectivity index (χ1n) is 6.02. The van der Waals surface area contributed by atoms with Gasteiger partial charge in [-0.2, -0.15) is 0 Å². The lowest BCUT2D eigenvalue weighted by atomic mass is 9.82. The van der Waals surface area contributed by atoms with Gasteiger partial charge in [0.05, 0.1) is 6.10 Å². The van der Waals surface area contributed by atoms with E-state index in [0.29, 0.717) is 6.42 Å². The van der Waals surface area contributed by atoms with Crippen LogP contribution in [0.2, 0.25) is 0 Å². The maximum absolute atomic E-state index is 10.0. The fourth-order valence-corrected chi connectivity index (χ4v) is 2.28. The summed E-state index contributed by atoms with van der Waals surface area (Å²) in [5.41, 5.74) is 2.32. The lowest BCUT2D eigenvalue weighted by Gasteiger charge is -2.29. The molecule has 0 saturated heterocycles. The third kappa shape index (κ3) is 2.21. The number of hydrogen-bond acceptors (Lipinski definition) is 3. The quantitative estimate of drug-likeness (QED) is 0.732. The number of unbranched alkanes of at least 4 members (excludes halogenated alkanes) is 1. The third-order valence-electron chi connectivity index (χ3n) is 3.21. The molecule has 3 heteroatoms. The summed E-state index contributed by atoms with van der Waals surface area (Å²) in [6.07, 6.45) is 2.40. The van der Waals surface area contributed by atoms with Crippen LogP contribution in [0.3, 0.4) is 0 Å². The molecule has 0 aromatic heterocycles. The van der Waals surface area contributed by atoms with Gasteiger partial charge in [0.25, 0.3) is 0 Å². The van der Waals surface area contributed by atoms with Crippen molar-refractivity contribution in [3.8, 4) is 5.75 Å². The van der Waals surface area contributed by atoms with E-state index in [4.69, 9.17) is 0 Å². The molecule has 0 amide bonds. The molecule has 0 fully saturated rings. The van der Waals surface area contributed by atoms with Gasteiger partial charge in [-0.05, 0) is 23.6 Å². The molecular weight excluding hydrogens is 216 g/mol. The van der Waals surface area contributed by atoms with Crippen LogP contribution in [0.25, 0.3) is 5.57 Å². The molecule has 1 aromatic carbocycles. The minimum Gasteiger partial charge on any atom is -0.508 e. The van der Waals surface area contributed by atoms with E-state index < -0.39 is 12.2 Å². The lowest BCUT2D eigenvalue weighted by molar-refractivity contribution is 0.0509. The molecule has 17 heavy (non-hydrogen) atoms. The lowest BCUT2D eigenvalue weighted by Crippen LogP contribution is -2.33. The highest BCUT2D eigenvalue weighted by Gasteiger charge is 2.30. The summed E-state index contributed by atoms with van der Waals surface area (Å²) in [6.45, 7) is 2.06. The normalized spacial score (nSPS) is 25.9. The summed E-state index contributed by atoms with van der Waals surface area (Å²) < 4.78 is 0. The third-order valence-corrected chi connectivity index (χ3v) is 3.21. The van der Waals surface area contributed by atoms with E-state index in [0.717, 1.165) is 29.5 Å². The monoisotopic (exact) mass is 234 g/mol. The van der Waals surface area contributed by atoms with Crippen LogP contribution in [0.1, 0.15) is 30.9 Å². The second-order valence-corrected chi connectivity index (χ2v) is 4.47. The molecule has 0 aliphatic heterocycles. The Bertz CT molecular complexity index is 437. The van der Waals surface area contributed by atoms with Gasteiger partial charge in [0.2, 0.25) is 0 Å². The van der Waals surface area contributed by atoms with Crippen LogP contribution in [-0.4, -0.2) is 27.5 Å². The highest BCUT2D eigenvalue weighted by Crippen LogP contribution is 2.36. The molecule has 0 radical (unpaired) electrons. The van der Waals surface area contributed by atoms with Crippen LogP contribution in [0, 0.1) is 0 Å². The number of aromatic hydroxyl groups is 1. The van der Waals surface area contributed by atoms with Crippen LogP contribution in [-0.2, 0) is 6.42 Å². The fourth-order valence-electron chi connectivity index (χ4n) is 2.28. The predicted octanol–water partition coefficient (Wildman–Crippen LogP) is 1.85. The molecule has 3 nitrogen and oxygen atoms in total. The van der Waals surface area contributed by atoms with E-state index in [1.807, 2.05) is 12.1 Å². The summed E-state index contributed by atoms with van der Waals surface area (Å²) in [4.78, 5) is 0. The van der Waals surface area contributed by atoms with Crippen molar-refractivity contribution < 1.29 is 15.3 Å². The zero-order valence-electron chi connectivity index (χ0n) is 9.93. The number of rotatable bonds is 2. The molecular formula is C14H18O3.